The molecule has 37 heavy (non-hydrogen) atoms. The highest BCUT2D eigenvalue weighted by Crippen LogP contribution is 2.35. The number of carbonyl (C=O) groups excluding carboxylic acids is 2. The van der Waals surface area contributed by atoms with E-state index in [-0.39, 0.29) is 12.5 Å². The topological polar surface area (TPSA) is 91.1 Å². The predicted octanol–water partition coefficient (Wildman–Crippen LogP) is 5.45. The maximum atomic E-state index is 13.4. The SMILES string of the molecule is CCCCOC(=O)C(N)c1ccc(OCCC2Oc3ccccc3N(Cc3cccc(Cl)c3)C2=O)cc1. The van der Waals surface area contributed by atoms with Crippen LogP contribution in [0.3, 0.4) is 0 Å². The van der Waals surface area contributed by atoms with Crippen molar-refractivity contribution in [1.29, 1.82) is 0 Å². The molecule has 1 aliphatic heterocycles. The van der Waals surface area contributed by atoms with Crippen molar-refractivity contribution in [3.63, 3.8) is 0 Å². The molecule has 0 aliphatic carbocycles. The minimum atomic E-state index is -0.843. The standard InChI is InChI=1S/C29H31ClN2O5/c1-2-3-16-36-29(34)27(31)21-11-13-23(14-12-21)35-17-15-26-28(33)32(19-20-7-6-8-22(30)18-20)24-9-4-5-10-25(24)37-26/h4-14,18,26-27H,2-3,15-17,19,31H2,1H3. The quantitative estimate of drug-likeness (QED) is 0.266. The van der Waals surface area contributed by atoms with Gasteiger partial charge in [0.15, 0.2) is 6.10 Å². The molecule has 2 atom stereocenters. The molecule has 3 aromatic carbocycles. The summed E-state index contributed by atoms with van der Waals surface area (Å²) in [5, 5.41) is 0.622. The van der Waals surface area contributed by atoms with Crippen LogP contribution < -0.4 is 20.1 Å². The van der Waals surface area contributed by atoms with Gasteiger partial charge in [0.2, 0.25) is 0 Å². The third-order valence-corrected chi connectivity index (χ3v) is 6.32. The van der Waals surface area contributed by atoms with Gasteiger partial charge in [0.05, 0.1) is 25.4 Å². The van der Waals surface area contributed by atoms with E-state index in [0.717, 1.165) is 24.1 Å². The first-order valence-electron chi connectivity index (χ1n) is 12.4. The van der Waals surface area contributed by atoms with E-state index in [2.05, 4.69) is 0 Å². The van der Waals surface area contributed by atoms with Crippen molar-refractivity contribution in [2.75, 3.05) is 18.1 Å². The number of rotatable bonds is 11. The molecule has 1 aliphatic rings. The van der Waals surface area contributed by atoms with Crippen molar-refractivity contribution >= 4 is 29.2 Å². The monoisotopic (exact) mass is 522 g/mol. The summed E-state index contributed by atoms with van der Waals surface area (Å²) < 4.78 is 17.1. The third-order valence-electron chi connectivity index (χ3n) is 6.08. The number of nitrogens with zero attached hydrogens (tertiary/aromatic N) is 1. The Morgan fingerprint density at radius 1 is 1.08 bits per heavy atom. The summed E-state index contributed by atoms with van der Waals surface area (Å²) >= 11 is 6.15. The Labute approximate surface area is 222 Å². The third kappa shape index (κ3) is 6.81. The minimum absolute atomic E-state index is 0.134. The zero-order chi connectivity index (χ0) is 26.2. The van der Waals surface area contributed by atoms with Gasteiger partial charge in [0, 0.05) is 11.4 Å². The number of esters is 1. The number of para-hydroxylation sites is 2. The molecular weight excluding hydrogens is 492 g/mol. The van der Waals surface area contributed by atoms with Crippen molar-refractivity contribution in [3.8, 4) is 11.5 Å². The molecule has 194 valence electrons. The highest BCUT2D eigenvalue weighted by Gasteiger charge is 2.34. The van der Waals surface area contributed by atoms with E-state index in [0.29, 0.717) is 41.7 Å². The van der Waals surface area contributed by atoms with Crippen LogP contribution in [0.1, 0.15) is 43.4 Å². The van der Waals surface area contributed by atoms with Crippen LogP contribution in [0.15, 0.2) is 72.8 Å². The first kappa shape index (κ1) is 26.5. The Bertz CT molecular complexity index is 1220. The molecule has 0 saturated heterocycles. The van der Waals surface area contributed by atoms with Crippen molar-refractivity contribution < 1.29 is 23.8 Å². The van der Waals surface area contributed by atoms with E-state index in [1.54, 1.807) is 35.2 Å². The number of ether oxygens (including phenoxy) is 3. The first-order valence-corrected chi connectivity index (χ1v) is 12.8. The van der Waals surface area contributed by atoms with Gasteiger partial charge in [-0.1, -0.05) is 61.3 Å². The molecule has 4 rings (SSSR count). The molecule has 3 aromatic rings. The van der Waals surface area contributed by atoms with E-state index < -0.39 is 18.1 Å². The average molecular weight is 523 g/mol. The van der Waals surface area contributed by atoms with E-state index in [4.69, 9.17) is 31.5 Å². The largest absolute Gasteiger partial charge is 0.493 e. The van der Waals surface area contributed by atoms with Gasteiger partial charge >= 0.3 is 5.97 Å². The Kier molecular flexibility index (Phi) is 9.04. The van der Waals surface area contributed by atoms with Crippen molar-refractivity contribution in [2.45, 2.75) is 44.9 Å². The number of benzene rings is 3. The lowest BCUT2D eigenvalue weighted by molar-refractivity contribution is -0.145. The fraction of sp³-hybridized carbons (Fsp3) is 0.310. The normalized spacial score (nSPS) is 15.5. The Morgan fingerprint density at radius 2 is 1.86 bits per heavy atom. The molecule has 8 heteroatoms. The number of hydrogen-bond donors (Lipinski definition) is 1. The average Bonchev–Trinajstić information content (AvgIpc) is 2.91. The Morgan fingerprint density at radius 3 is 2.62 bits per heavy atom. The summed E-state index contributed by atoms with van der Waals surface area (Å²) in [5.41, 5.74) is 8.32. The summed E-state index contributed by atoms with van der Waals surface area (Å²) in [6.45, 7) is 3.06. The lowest BCUT2D eigenvalue weighted by atomic mass is 10.1. The van der Waals surface area contributed by atoms with Crippen LogP contribution >= 0.6 is 11.6 Å². The number of fused-ring (bicyclic) bond motifs is 1. The first-order chi connectivity index (χ1) is 18.0. The van der Waals surface area contributed by atoms with E-state index in [1.807, 2.05) is 49.4 Å². The van der Waals surface area contributed by atoms with Crippen LogP contribution in [0.4, 0.5) is 5.69 Å². The molecule has 0 radical (unpaired) electrons. The lowest BCUT2D eigenvalue weighted by Crippen LogP contribution is -2.46. The maximum absolute atomic E-state index is 13.4. The van der Waals surface area contributed by atoms with Crippen LogP contribution in [0.2, 0.25) is 5.02 Å². The summed E-state index contributed by atoms with van der Waals surface area (Å²) in [6.07, 6.45) is 1.44. The molecule has 1 amide bonds. The number of carbonyl (C=O) groups is 2. The molecule has 7 nitrogen and oxygen atoms in total. The summed E-state index contributed by atoms with van der Waals surface area (Å²) in [7, 11) is 0. The van der Waals surface area contributed by atoms with Crippen molar-refractivity contribution in [1.82, 2.24) is 0 Å². The van der Waals surface area contributed by atoms with Crippen LogP contribution in [-0.2, 0) is 20.9 Å². The molecule has 2 N–H and O–H groups in total. The second-order valence-corrected chi connectivity index (χ2v) is 9.27. The smallest absolute Gasteiger partial charge is 0.327 e. The lowest BCUT2D eigenvalue weighted by Gasteiger charge is -2.34. The summed E-state index contributed by atoms with van der Waals surface area (Å²) in [5.74, 6) is 0.677. The molecular formula is C29H31ClN2O5. The van der Waals surface area contributed by atoms with Gasteiger partial charge in [-0.2, -0.15) is 0 Å². The second-order valence-electron chi connectivity index (χ2n) is 8.83. The number of nitrogens with two attached hydrogens (primary N) is 1. The zero-order valence-corrected chi connectivity index (χ0v) is 21.5. The number of amides is 1. The number of hydrogen-bond acceptors (Lipinski definition) is 6. The second kappa shape index (κ2) is 12.6. The molecule has 0 bridgehead atoms. The minimum Gasteiger partial charge on any atom is -0.493 e. The van der Waals surface area contributed by atoms with Gasteiger partial charge in [0.1, 0.15) is 17.5 Å². The van der Waals surface area contributed by atoms with Crippen LogP contribution in [0.25, 0.3) is 0 Å². The summed E-state index contributed by atoms with van der Waals surface area (Å²) in [6, 6.07) is 21.1. The molecule has 0 aromatic heterocycles. The fourth-order valence-electron chi connectivity index (χ4n) is 4.04. The van der Waals surface area contributed by atoms with Gasteiger partial charge in [-0.05, 0) is 53.9 Å². The van der Waals surface area contributed by atoms with E-state index in [1.165, 1.54) is 0 Å². The molecule has 1 heterocycles. The van der Waals surface area contributed by atoms with E-state index in [9.17, 15) is 9.59 Å². The number of halogens is 1. The molecule has 0 fully saturated rings. The van der Waals surface area contributed by atoms with Crippen LogP contribution in [0, 0.1) is 0 Å². The summed E-state index contributed by atoms with van der Waals surface area (Å²) in [4.78, 5) is 27.2. The molecule has 0 saturated carbocycles. The van der Waals surface area contributed by atoms with Gasteiger partial charge in [-0.3, -0.25) is 4.79 Å². The van der Waals surface area contributed by atoms with Gasteiger partial charge in [0.25, 0.3) is 5.91 Å². The van der Waals surface area contributed by atoms with Gasteiger partial charge in [-0.25, -0.2) is 4.79 Å². The van der Waals surface area contributed by atoms with Crippen LogP contribution in [0.5, 0.6) is 11.5 Å². The zero-order valence-electron chi connectivity index (χ0n) is 20.8. The Balaban J connectivity index is 1.35. The van der Waals surface area contributed by atoms with Crippen molar-refractivity contribution in [3.05, 3.63) is 88.9 Å². The molecule has 2 unspecified atom stereocenters. The maximum Gasteiger partial charge on any atom is 0.327 e. The van der Waals surface area contributed by atoms with Crippen molar-refractivity contribution in [2.24, 2.45) is 5.73 Å². The fourth-order valence-corrected chi connectivity index (χ4v) is 4.25. The number of unbranched alkanes of at least 4 members (excludes halogenated alkanes) is 1. The molecule has 0 spiro atoms. The predicted molar refractivity (Wildman–Crippen MR) is 143 cm³/mol. The van der Waals surface area contributed by atoms with Gasteiger partial charge < -0.3 is 24.8 Å². The number of anilines is 1. The van der Waals surface area contributed by atoms with Crippen LogP contribution in [-0.4, -0.2) is 31.2 Å². The highest BCUT2D eigenvalue weighted by molar-refractivity contribution is 6.30. The van der Waals surface area contributed by atoms with Gasteiger partial charge in [-0.15, -0.1) is 0 Å². The highest BCUT2D eigenvalue weighted by atomic mass is 35.5. The Hall–Kier alpha value is -3.55. The van der Waals surface area contributed by atoms with E-state index >= 15 is 0 Å².